The van der Waals surface area contributed by atoms with Gasteiger partial charge in [-0.1, -0.05) is 19.9 Å². The van der Waals surface area contributed by atoms with Crippen molar-refractivity contribution in [3.8, 4) is 0 Å². The lowest BCUT2D eigenvalue weighted by atomic mass is 9.51. The topological polar surface area (TPSA) is 88.1 Å². The van der Waals surface area contributed by atoms with E-state index in [4.69, 9.17) is 18.9 Å². The standard InChI is InChI=1S/C25H34O7S/c1-8-14(2)22(27)31-21-20-15(3)23(28)32-25(20,29-6)13-17-9-10-18(16(4)24(17,21)5)30-19(26)11-12-33-7/h8,11-12,16-18,21H,9-10,13H2,1-7H3/b12-11+,14-8-. The zero-order valence-electron chi connectivity index (χ0n) is 20.4. The summed E-state index contributed by atoms with van der Waals surface area (Å²) < 4.78 is 23.5. The fourth-order valence-electron chi connectivity index (χ4n) is 5.55. The molecule has 2 saturated carbocycles. The number of methoxy groups -OCH3 is 1. The summed E-state index contributed by atoms with van der Waals surface area (Å²) in [6.07, 6.45) is 5.73. The number of thioether (sulfide) groups is 1. The van der Waals surface area contributed by atoms with Crippen molar-refractivity contribution in [1.82, 2.24) is 0 Å². The summed E-state index contributed by atoms with van der Waals surface area (Å²) in [6, 6.07) is 0. The maximum atomic E-state index is 12.9. The van der Waals surface area contributed by atoms with E-state index in [-0.39, 0.29) is 17.9 Å². The van der Waals surface area contributed by atoms with Gasteiger partial charge in [0.2, 0.25) is 5.79 Å². The Morgan fingerprint density at radius 2 is 1.94 bits per heavy atom. The Balaban J connectivity index is 2.06. The number of carbonyl (C=O) groups is 3. The van der Waals surface area contributed by atoms with Crippen molar-refractivity contribution in [3.63, 3.8) is 0 Å². The minimum absolute atomic E-state index is 0.0234. The quantitative estimate of drug-likeness (QED) is 0.317. The number of esters is 3. The van der Waals surface area contributed by atoms with E-state index in [1.807, 2.05) is 13.2 Å². The molecule has 1 heterocycles. The molecule has 2 fully saturated rings. The lowest BCUT2D eigenvalue weighted by Gasteiger charge is -2.58. The first-order chi connectivity index (χ1) is 15.5. The molecule has 0 bridgehead atoms. The molecule has 6 unspecified atom stereocenters. The maximum absolute atomic E-state index is 12.9. The molecule has 0 saturated heterocycles. The number of rotatable bonds is 6. The van der Waals surface area contributed by atoms with Crippen LogP contribution in [-0.2, 0) is 33.3 Å². The number of allylic oxidation sites excluding steroid dienone is 1. The number of hydrogen-bond donors (Lipinski definition) is 0. The predicted octanol–water partition coefficient (Wildman–Crippen LogP) is 4.33. The Morgan fingerprint density at radius 3 is 2.55 bits per heavy atom. The fraction of sp³-hybridized carbons (Fsp3) is 0.640. The van der Waals surface area contributed by atoms with Gasteiger partial charge < -0.3 is 18.9 Å². The van der Waals surface area contributed by atoms with Gasteiger partial charge in [0.15, 0.2) is 0 Å². The highest BCUT2D eigenvalue weighted by Crippen LogP contribution is 2.61. The molecule has 0 aromatic rings. The lowest BCUT2D eigenvalue weighted by molar-refractivity contribution is -0.244. The molecule has 0 aromatic carbocycles. The van der Waals surface area contributed by atoms with Crippen LogP contribution in [0.3, 0.4) is 0 Å². The third-order valence-electron chi connectivity index (χ3n) is 7.86. The Hall–Kier alpha value is -2.06. The Kier molecular flexibility index (Phi) is 7.49. The van der Waals surface area contributed by atoms with Gasteiger partial charge in [0, 0.05) is 42.1 Å². The summed E-state index contributed by atoms with van der Waals surface area (Å²) in [7, 11) is 1.51. The lowest BCUT2D eigenvalue weighted by Crippen LogP contribution is -2.62. The van der Waals surface area contributed by atoms with E-state index in [2.05, 4.69) is 6.92 Å². The monoisotopic (exact) mass is 478 g/mol. The molecule has 0 aromatic heterocycles. The van der Waals surface area contributed by atoms with E-state index in [1.54, 1.807) is 32.3 Å². The highest BCUT2D eigenvalue weighted by Gasteiger charge is 2.66. The van der Waals surface area contributed by atoms with Crippen molar-refractivity contribution in [1.29, 1.82) is 0 Å². The molecular weight excluding hydrogens is 444 g/mol. The van der Waals surface area contributed by atoms with E-state index in [0.717, 1.165) is 6.42 Å². The average Bonchev–Trinajstić information content (AvgIpc) is 3.05. The van der Waals surface area contributed by atoms with Crippen LogP contribution in [0.2, 0.25) is 0 Å². The van der Waals surface area contributed by atoms with E-state index >= 15 is 0 Å². The van der Waals surface area contributed by atoms with E-state index < -0.39 is 35.2 Å². The van der Waals surface area contributed by atoms with Crippen LogP contribution in [0, 0.1) is 17.3 Å². The predicted molar refractivity (Wildman–Crippen MR) is 125 cm³/mol. The van der Waals surface area contributed by atoms with E-state index in [9.17, 15) is 14.4 Å². The molecular formula is C25H34O7S. The van der Waals surface area contributed by atoms with Gasteiger partial charge in [-0.3, -0.25) is 0 Å². The third-order valence-corrected chi connectivity index (χ3v) is 8.26. The van der Waals surface area contributed by atoms with Crippen LogP contribution in [0.1, 0.15) is 53.9 Å². The first-order valence-electron chi connectivity index (χ1n) is 11.3. The van der Waals surface area contributed by atoms with Crippen molar-refractivity contribution in [2.75, 3.05) is 13.4 Å². The average molecular weight is 479 g/mol. The minimum Gasteiger partial charge on any atom is -0.459 e. The Bertz CT molecular complexity index is 920. The molecule has 3 aliphatic rings. The Labute approximate surface area is 199 Å². The zero-order chi connectivity index (χ0) is 24.6. The molecule has 7 nitrogen and oxygen atoms in total. The van der Waals surface area contributed by atoms with Gasteiger partial charge in [-0.15, -0.1) is 11.8 Å². The van der Waals surface area contributed by atoms with Crippen molar-refractivity contribution in [3.05, 3.63) is 34.3 Å². The van der Waals surface area contributed by atoms with Crippen LogP contribution in [0.4, 0.5) is 0 Å². The molecule has 0 N–H and O–H groups in total. The summed E-state index contributed by atoms with van der Waals surface area (Å²) in [5, 5.41) is 1.69. The van der Waals surface area contributed by atoms with Crippen LogP contribution in [0.5, 0.6) is 0 Å². The van der Waals surface area contributed by atoms with Gasteiger partial charge in [0.1, 0.15) is 12.2 Å². The second kappa shape index (κ2) is 9.66. The van der Waals surface area contributed by atoms with Gasteiger partial charge in [-0.05, 0) is 51.2 Å². The number of hydrogen-bond acceptors (Lipinski definition) is 8. The van der Waals surface area contributed by atoms with Crippen molar-refractivity contribution in [2.24, 2.45) is 17.3 Å². The second-order valence-electron chi connectivity index (χ2n) is 9.29. The Morgan fingerprint density at radius 1 is 1.24 bits per heavy atom. The van der Waals surface area contributed by atoms with Gasteiger partial charge in [0.25, 0.3) is 0 Å². The highest BCUT2D eigenvalue weighted by atomic mass is 32.2. The van der Waals surface area contributed by atoms with E-state index in [1.165, 1.54) is 24.9 Å². The number of carbonyl (C=O) groups excluding carboxylic acids is 3. The highest BCUT2D eigenvalue weighted by molar-refractivity contribution is 8.01. The van der Waals surface area contributed by atoms with Gasteiger partial charge in [-0.25, -0.2) is 14.4 Å². The van der Waals surface area contributed by atoms with Crippen molar-refractivity contribution >= 4 is 29.7 Å². The fourth-order valence-corrected chi connectivity index (χ4v) is 5.79. The van der Waals surface area contributed by atoms with Crippen LogP contribution in [-0.4, -0.2) is 49.3 Å². The van der Waals surface area contributed by atoms with Crippen LogP contribution >= 0.6 is 11.8 Å². The summed E-state index contributed by atoms with van der Waals surface area (Å²) >= 11 is 1.43. The molecule has 1 aliphatic heterocycles. The summed E-state index contributed by atoms with van der Waals surface area (Å²) in [5.41, 5.74) is 0.845. The van der Waals surface area contributed by atoms with Gasteiger partial charge >= 0.3 is 17.9 Å². The SMILES string of the molecule is C/C=C(/C)C(=O)OC1C2=C(C)C(=O)OC2(OC)CC2CCC(OC(=O)/C=C/SC)C(C)C21C. The number of fused-ring (bicyclic) bond motifs is 2. The van der Waals surface area contributed by atoms with Crippen LogP contribution in [0.25, 0.3) is 0 Å². The minimum atomic E-state index is -1.25. The first-order valence-corrected chi connectivity index (χ1v) is 12.6. The third kappa shape index (κ3) is 4.28. The molecule has 6 atom stereocenters. The summed E-state index contributed by atoms with van der Waals surface area (Å²) in [4.78, 5) is 37.9. The smallest absolute Gasteiger partial charge is 0.336 e. The maximum Gasteiger partial charge on any atom is 0.336 e. The molecule has 8 heteroatoms. The molecule has 182 valence electrons. The van der Waals surface area contributed by atoms with E-state index in [0.29, 0.717) is 29.6 Å². The molecule has 0 spiro atoms. The zero-order valence-corrected chi connectivity index (χ0v) is 21.2. The first kappa shape index (κ1) is 25.6. The van der Waals surface area contributed by atoms with Crippen molar-refractivity contribution < 1.29 is 33.3 Å². The molecule has 3 rings (SSSR count). The summed E-state index contributed by atoms with van der Waals surface area (Å²) in [6.45, 7) is 9.24. The van der Waals surface area contributed by atoms with Gasteiger partial charge in [-0.2, -0.15) is 0 Å². The normalized spacial score (nSPS) is 36.3. The largest absolute Gasteiger partial charge is 0.459 e. The molecule has 33 heavy (non-hydrogen) atoms. The summed E-state index contributed by atoms with van der Waals surface area (Å²) in [5.74, 6) is -2.67. The molecule has 2 aliphatic carbocycles. The molecule has 0 radical (unpaired) electrons. The van der Waals surface area contributed by atoms with Crippen LogP contribution < -0.4 is 0 Å². The second-order valence-corrected chi connectivity index (χ2v) is 10.0. The van der Waals surface area contributed by atoms with Crippen LogP contribution in [0.15, 0.2) is 34.3 Å². The molecule has 0 amide bonds. The van der Waals surface area contributed by atoms with Gasteiger partial charge in [0.05, 0.1) is 5.57 Å². The van der Waals surface area contributed by atoms with Crippen molar-refractivity contribution in [2.45, 2.75) is 71.9 Å². The number of ether oxygens (including phenoxy) is 4.